The average Bonchev–Trinajstić information content (AvgIpc) is 2.50. The zero-order valence-corrected chi connectivity index (χ0v) is 10.0. The number of hydrogen-bond acceptors (Lipinski definition) is 1. The lowest BCUT2D eigenvalue weighted by atomic mass is 10.3. The van der Waals surface area contributed by atoms with Crippen molar-refractivity contribution in [2.45, 2.75) is 0 Å². The van der Waals surface area contributed by atoms with Crippen LogP contribution in [0.4, 0.5) is 0 Å². The van der Waals surface area contributed by atoms with Crippen molar-refractivity contribution in [3.05, 3.63) is 45.4 Å². The van der Waals surface area contributed by atoms with Gasteiger partial charge in [-0.1, -0.05) is 39.1 Å². The van der Waals surface area contributed by atoms with Crippen molar-refractivity contribution in [3.8, 4) is 5.69 Å². The molecule has 0 aliphatic heterocycles. The van der Waals surface area contributed by atoms with Crippen molar-refractivity contribution in [3.63, 3.8) is 0 Å². The Bertz CT molecular complexity index is 450. The molecule has 0 atom stereocenters. The van der Waals surface area contributed by atoms with Crippen LogP contribution < -0.4 is 0 Å². The second kappa shape index (κ2) is 3.93. The molecule has 0 saturated heterocycles. The van der Waals surface area contributed by atoms with Gasteiger partial charge < -0.3 is 0 Å². The second-order valence-corrected chi connectivity index (χ2v) is 4.30. The Morgan fingerprint density at radius 2 is 1.79 bits per heavy atom. The highest BCUT2D eigenvalue weighted by atomic mass is 79.9. The lowest BCUT2D eigenvalue weighted by Crippen LogP contribution is -1.90. The molecule has 0 amide bonds. The molecular formula is C9H5BrCl2N2. The molecule has 1 heterocycles. The van der Waals surface area contributed by atoms with Crippen LogP contribution in [0.5, 0.6) is 0 Å². The highest BCUT2D eigenvalue weighted by Gasteiger charge is 2.06. The molecule has 1 aromatic carbocycles. The van der Waals surface area contributed by atoms with Crippen LogP contribution in [-0.2, 0) is 0 Å². The Morgan fingerprint density at radius 1 is 1.14 bits per heavy atom. The molecule has 0 radical (unpaired) electrons. The highest BCUT2D eigenvalue weighted by Crippen LogP contribution is 2.24. The molecule has 0 aliphatic rings. The number of hydrogen-bond donors (Lipinski definition) is 0. The molecule has 14 heavy (non-hydrogen) atoms. The van der Waals surface area contributed by atoms with E-state index < -0.39 is 0 Å². The summed E-state index contributed by atoms with van der Waals surface area (Å²) in [5.74, 6) is 0. The standard InChI is InChI=1S/C9H5BrCl2N2/c10-6-1-3-7(4-2-6)14-5-13-8(11)9(14)12/h1-5H. The number of nitrogens with zero attached hydrogens (tertiary/aromatic N) is 2. The number of halogens is 3. The molecule has 1 aromatic heterocycles. The van der Waals surface area contributed by atoms with E-state index in [1.807, 2.05) is 24.3 Å². The van der Waals surface area contributed by atoms with Crippen molar-refractivity contribution in [2.75, 3.05) is 0 Å². The van der Waals surface area contributed by atoms with E-state index in [2.05, 4.69) is 20.9 Å². The van der Waals surface area contributed by atoms with Crippen molar-refractivity contribution in [1.82, 2.24) is 9.55 Å². The third-order valence-electron chi connectivity index (χ3n) is 1.77. The number of aromatic nitrogens is 2. The van der Waals surface area contributed by atoms with Gasteiger partial charge in [-0.25, -0.2) is 4.98 Å². The Hall–Kier alpha value is -0.510. The van der Waals surface area contributed by atoms with Gasteiger partial charge in [0.2, 0.25) is 0 Å². The summed E-state index contributed by atoms with van der Waals surface area (Å²) < 4.78 is 2.74. The molecule has 5 heteroatoms. The first-order valence-electron chi connectivity index (χ1n) is 3.83. The van der Waals surface area contributed by atoms with E-state index in [-0.39, 0.29) is 0 Å². The molecule has 2 rings (SSSR count). The third kappa shape index (κ3) is 1.80. The molecule has 72 valence electrons. The summed E-state index contributed by atoms with van der Waals surface area (Å²) in [6, 6.07) is 7.71. The maximum Gasteiger partial charge on any atom is 0.166 e. The van der Waals surface area contributed by atoms with Gasteiger partial charge in [-0.15, -0.1) is 0 Å². The van der Waals surface area contributed by atoms with Gasteiger partial charge in [0.15, 0.2) is 10.3 Å². The van der Waals surface area contributed by atoms with Gasteiger partial charge in [0, 0.05) is 10.2 Å². The topological polar surface area (TPSA) is 17.8 Å². The summed E-state index contributed by atoms with van der Waals surface area (Å²) in [7, 11) is 0. The molecule has 0 saturated carbocycles. The second-order valence-electron chi connectivity index (χ2n) is 2.67. The van der Waals surface area contributed by atoms with Gasteiger partial charge >= 0.3 is 0 Å². The van der Waals surface area contributed by atoms with Crippen LogP contribution in [0.1, 0.15) is 0 Å². The predicted octanol–water partition coefficient (Wildman–Crippen LogP) is 3.94. The van der Waals surface area contributed by atoms with Gasteiger partial charge in [-0.2, -0.15) is 0 Å². The van der Waals surface area contributed by atoms with Gasteiger partial charge in [0.05, 0.1) is 0 Å². The van der Waals surface area contributed by atoms with Gasteiger partial charge in [-0.3, -0.25) is 4.57 Å². The van der Waals surface area contributed by atoms with E-state index in [9.17, 15) is 0 Å². The van der Waals surface area contributed by atoms with Crippen LogP contribution in [0, 0.1) is 0 Å². The SMILES string of the molecule is Clc1ncn(-c2ccc(Br)cc2)c1Cl. The molecule has 2 nitrogen and oxygen atoms in total. The fourth-order valence-corrected chi connectivity index (χ4v) is 1.68. The molecule has 0 bridgehead atoms. The van der Waals surface area contributed by atoms with E-state index in [1.165, 1.54) is 0 Å². The van der Waals surface area contributed by atoms with Gasteiger partial charge in [0.25, 0.3) is 0 Å². The van der Waals surface area contributed by atoms with Crippen LogP contribution in [0.3, 0.4) is 0 Å². The summed E-state index contributed by atoms with van der Waals surface area (Å²) in [6.45, 7) is 0. The number of rotatable bonds is 1. The van der Waals surface area contributed by atoms with E-state index >= 15 is 0 Å². The molecule has 0 aliphatic carbocycles. The van der Waals surface area contributed by atoms with Crippen molar-refractivity contribution >= 4 is 39.1 Å². The lowest BCUT2D eigenvalue weighted by molar-refractivity contribution is 1.06. The van der Waals surface area contributed by atoms with Gasteiger partial charge in [-0.05, 0) is 24.3 Å². The van der Waals surface area contributed by atoms with Crippen molar-refractivity contribution in [1.29, 1.82) is 0 Å². The first kappa shape index (κ1) is 10.0. The number of benzene rings is 1. The summed E-state index contributed by atoms with van der Waals surface area (Å²) in [5, 5.41) is 0.739. The van der Waals surface area contributed by atoms with Crippen molar-refractivity contribution in [2.24, 2.45) is 0 Å². The average molecular weight is 292 g/mol. The highest BCUT2D eigenvalue weighted by molar-refractivity contribution is 9.10. The third-order valence-corrected chi connectivity index (χ3v) is 3.04. The van der Waals surface area contributed by atoms with Crippen molar-refractivity contribution < 1.29 is 0 Å². The largest absolute Gasteiger partial charge is 0.288 e. The zero-order chi connectivity index (χ0) is 10.1. The van der Waals surface area contributed by atoms with Crippen LogP contribution in [0.25, 0.3) is 5.69 Å². The Labute approximate surface area is 99.6 Å². The normalized spacial score (nSPS) is 10.5. The minimum absolute atomic E-state index is 0.314. The van der Waals surface area contributed by atoms with Crippen LogP contribution in [-0.4, -0.2) is 9.55 Å². The minimum atomic E-state index is 0.314. The van der Waals surface area contributed by atoms with E-state index in [1.54, 1.807) is 10.9 Å². The monoisotopic (exact) mass is 290 g/mol. The van der Waals surface area contributed by atoms with E-state index in [0.29, 0.717) is 10.3 Å². The first-order chi connectivity index (χ1) is 6.68. The van der Waals surface area contributed by atoms with Crippen LogP contribution >= 0.6 is 39.1 Å². The summed E-state index contributed by atoms with van der Waals surface area (Å²) >= 11 is 15.0. The maximum atomic E-state index is 5.94. The molecule has 0 fully saturated rings. The summed E-state index contributed by atoms with van der Waals surface area (Å²) in [4.78, 5) is 3.90. The van der Waals surface area contributed by atoms with Crippen LogP contribution in [0.15, 0.2) is 35.1 Å². The Kier molecular flexibility index (Phi) is 2.81. The Morgan fingerprint density at radius 3 is 2.29 bits per heavy atom. The zero-order valence-electron chi connectivity index (χ0n) is 6.92. The summed E-state index contributed by atoms with van der Waals surface area (Å²) in [6.07, 6.45) is 1.59. The van der Waals surface area contributed by atoms with Gasteiger partial charge in [0.1, 0.15) is 6.33 Å². The molecule has 0 unspecified atom stereocenters. The lowest BCUT2D eigenvalue weighted by Gasteiger charge is -2.02. The molecular weight excluding hydrogens is 287 g/mol. The quantitative estimate of drug-likeness (QED) is 0.778. The fourth-order valence-electron chi connectivity index (χ4n) is 1.09. The minimum Gasteiger partial charge on any atom is -0.288 e. The van der Waals surface area contributed by atoms with Crippen LogP contribution in [0.2, 0.25) is 10.3 Å². The first-order valence-corrected chi connectivity index (χ1v) is 5.37. The molecule has 2 aromatic rings. The molecule has 0 N–H and O–H groups in total. The predicted molar refractivity (Wildman–Crippen MR) is 61.3 cm³/mol. The molecule has 0 spiro atoms. The Balaban J connectivity index is 2.49. The fraction of sp³-hybridized carbons (Fsp3) is 0. The maximum absolute atomic E-state index is 5.94. The number of imidazole rings is 1. The van der Waals surface area contributed by atoms with E-state index in [0.717, 1.165) is 10.2 Å². The summed E-state index contributed by atoms with van der Waals surface area (Å²) in [5.41, 5.74) is 0.928. The van der Waals surface area contributed by atoms with E-state index in [4.69, 9.17) is 23.2 Å². The smallest absolute Gasteiger partial charge is 0.166 e.